The SMILES string of the molecule is CCc1ccc(CNC2CCCC(C(C)C)C2)s1. The van der Waals surface area contributed by atoms with Crippen LogP contribution in [0.4, 0.5) is 0 Å². The largest absolute Gasteiger partial charge is 0.309 e. The van der Waals surface area contributed by atoms with Crippen molar-refractivity contribution in [2.45, 2.75) is 65.5 Å². The van der Waals surface area contributed by atoms with E-state index < -0.39 is 0 Å². The third kappa shape index (κ3) is 3.83. The number of rotatable bonds is 5. The van der Waals surface area contributed by atoms with E-state index in [0.29, 0.717) is 0 Å². The molecule has 1 fully saturated rings. The molecule has 18 heavy (non-hydrogen) atoms. The van der Waals surface area contributed by atoms with Crippen molar-refractivity contribution in [3.8, 4) is 0 Å². The first-order chi connectivity index (χ1) is 8.69. The molecule has 1 nitrogen and oxygen atoms in total. The van der Waals surface area contributed by atoms with E-state index in [1.165, 1.54) is 41.9 Å². The van der Waals surface area contributed by atoms with Gasteiger partial charge in [-0.25, -0.2) is 0 Å². The summed E-state index contributed by atoms with van der Waals surface area (Å²) in [5, 5.41) is 3.77. The summed E-state index contributed by atoms with van der Waals surface area (Å²) < 4.78 is 0. The van der Waals surface area contributed by atoms with Gasteiger partial charge < -0.3 is 5.32 Å². The molecular formula is C16H27NS. The Kier molecular flexibility index (Phi) is 5.25. The molecule has 2 atom stereocenters. The summed E-state index contributed by atoms with van der Waals surface area (Å²) in [6.07, 6.45) is 6.77. The summed E-state index contributed by atoms with van der Waals surface area (Å²) in [7, 11) is 0. The van der Waals surface area contributed by atoms with Crippen LogP contribution in [-0.2, 0) is 13.0 Å². The van der Waals surface area contributed by atoms with Crippen LogP contribution in [0.5, 0.6) is 0 Å². The van der Waals surface area contributed by atoms with Crippen molar-refractivity contribution in [1.82, 2.24) is 5.32 Å². The van der Waals surface area contributed by atoms with Crippen molar-refractivity contribution in [3.05, 3.63) is 21.9 Å². The quantitative estimate of drug-likeness (QED) is 0.819. The van der Waals surface area contributed by atoms with Crippen LogP contribution in [0.3, 0.4) is 0 Å². The topological polar surface area (TPSA) is 12.0 Å². The summed E-state index contributed by atoms with van der Waals surface area (Å²) in [6, 6.07) is 5.32. The zero-order valence-corrected chi connectivity index (χ0v) is 12.9. The van der Waals surface area contributed by atoms with Gasteiger partial charge in [0.2, 0.25) is 0 Å². The Bertz CT molecular complexity index is 356. The van der Waals surface area contributed by atoms with Crippen LogP contribution in [0.15, 0.2) is 12.1 Å². The van der Waals surface area contributed by atoms with Crippen molar-refractivity contribution in [2.24, 2.45) is 11.8 Å². The van der Waals surface area contributed by atoms with E-state index in [4.69, 9.17) is 0 Å². The zero-order chi connectivity index (χ0) is 13.0. The predicted molar refractivity (Wildman–Crippen MR) is 81.1 cm³/mol. The summed E-state index contributed by atoms with van der Waals surface area (Å²) in [5.74, 6) is 1.79. The molecule has 2 rings (SSSR count). The number of thiophene rings is 1. The number of hydrogen-bond acceptors (Lipinski definition) is 2. The van der Waals surface area contributed by atoms with Crippen molar-refractivity contribution in [1.29, 1.82) is 0 Å². The first kappa shape index (κ1) is 14.1. The van der Waals surface area contributed by atoms with E-state index >= 15 is 0 Å². The van der Waals surface area contributed by atoms with E-state index in [9.17, 15) is 0 Å². The summed E-state index contributed by atoms with van der Waals surface area (Å²) in [6.45, 7) is 8.05. The monoisotopic (exact) mass is 265 g/mol. The molecule has 102 valence electrons. The summed E-state index contributed by atoms with van der Waals surface area (Å²) >= 11 is 1.97. The van der Waals surface area contributed by atoms with Gasteiger partial charge in [0.1, 0.15) is 0 Å². The molecule has 2 unspecified atom stereocenters. The van der Waals surface area contributed by atoms with E-state index in [-0.39, 0.29) is 0 Å². The molecule has 1 aromatic heterocycles. The fourth-order valence-corrected chi connectivity index (χ4v) is 3.88. The van der Waals surface area contributed by atoms with Gasteiger partial charge in [-0.05, 0) is 43.2 Å². The third-order valence-corrected chi connectivity index (χ3v) is 5.52. The van der Waals surface area contributed by atoms with Gasteiger partial charge in [-0.1, -0.05) is 33.6 Å². The second-order valence-corrected chi connectivity index (χ2v) is 7.22. The van der Waals surface area contributed by atoms with Crippen LogP contribution in [0, 0.1) is 11.8 Å². The molecule has 1 aliphatic carbocycles. The normalized spacial score (nSPS) is 24.7. The Balaban J connectivity index is 1.79. The standard InChI is InChI=1S/C16H27NS/c1-4-15-8-9-16(18-15)11-17-14-7-5-6-13(10-14)12(2)3/h8-9,12-14,17H,4-7,10-11H2,1-3H3. The first-order valence-electron chi connectivity index (χ1n) is 7.50. The average molecular weight is 265 g/mol. The van der Waals surface area contributed by atoms with E-state index in [1.807, 2.05) is 11.3 Å². The second kappa shape index (κ2) is 6.72. The van der Waals surface area contributed by atoms with E-state index in [2.05, 4.69) is 38.2 Å². The van der Waals surface area contributed by atoms with Gasteiger partial charge in [0, 0.05) is 22.3 Å². The van der Waals surface area contributed by atoms with Crippen molar-refractivity contribution >= 4 is 11.3 Å². The lowest BCUT2D eigenvalue weighted by Gasteiger charge is -2.32. The maximum Gasteiger partial charge on any atom is 0.0302 e. The molecular weight excluding hydrogens is 238 g/mol. The molecule has 1 aromatic rings. The smallest absolute Gasteiger partial charge is 0.0302 e. The highest BCUT2D eigenvalue weighted by Gasteiger charge is 2.23. The molecule has 0 aromatic carbocycles. The van der Waals surface area contributed by atoms with Gasteiger partial charge in [0.25, 0.3) is 0 Å². The Morgan fingerprint density at radius 2 is 2.06 bits per heavy atom. The van der Waals surface area contributed by atoms with Crippen LogP contribution in [0.25, 0.3) is 0 Å². The van der Waals surface area contributed by atoms with Gasteiger partial charge in [0.15, 0.2) is 0 Å². The van der Waals surface area contributed by atoms with Crippen LogP contribution >= 0.6 is 11.3 Å². The minimum Gasteiger partial charge on any atom is -0.309 e. The molecule has 0 radical (unpaired) electrons. The third-order valence-electron chi connectivity index (χ3n) is 4.29. The molecule has 1 saturated carbocycles. The molecule has 2 heteroatoms. The van der Waals surface area contributed by atoms with Crippen LogP contribution < -0.4 is 5.32 Å². The van der Waals surface area contributed by atoms with E-state index in [1.54, 1.807) is 0 Å². The van der Waals surface area contributed by atoms with Gasteiger partial charge in [-0.3, -0.25) is 0 Å². The van der Waals surface area contributed by atoms with Crippen LogP contribution in [-0.4, -0.2) is 6.04 Å². The Morgan fingerprint density at radius 3 is 2.72 bits per heavy atom. The lowest BCUT2D eigenvalue weighted by atomic mass is 9.79. The van der Waals surface area contributed by atoms with Crippen LogP contribution in [0.1, 0.15) is 56.2 Å². The zero-order valence-electron chi connectivity index (χ0n) is 12.0. The maximum absolute atomic E-state index is 3.77. The molecule has 1 aliphatic rings. The highest BCUT2D eigenvalue weighted by molar-refractivity contribution is 7.11. The van der Waals surface area contributed by atoms with Gasteiger partial charge in [-0.2, -0.15) is 0 Å². The molecule has 1 N–H and O–H groups in total. The Labute approximate surface area is 116 Å². The summed E-state index contributed by atoms with van der Waals surface area (Å²) in [5.41, 5.74) is 0. The molecule has 0 saturated heterocycles. The number of hydrogen-bond donors (Lipinski definition) is 1. The molecule has 0 amide bonds. The van der Waals surface area contributed by atoms with Crippen molar-refractivity contribution in [3.63, 3.8) is 0 Å². The first-order valence-corrected chi connectivity index (χ1v) is 8.31. The fourth-order valence-electron chi connectivity index (χ4n) is 2.97. The van der Waals surface area contributed by atoms with Crippen molar-refractivity contribution in [2.75, 3.05) is 0 Å². The number of nitrogens with one attached hydrogen (secondary N) is 1. The van der Waals surface area contributed by atoms with Crippen LogP contribution in [0.2, 0.25) is 0 Å². The maximum atomic E-state index is 3.77. The Hall–Kier alpha value is -0.340. The Morgan fingerprint density at radius 1 is 1.28 bits per heavy atom. The van der Waals surface area contributed by atoms with Gasteiger partial charge >= 0.3 is 0 Å². The molecule has 0 bridgehead atoms. The van der Waals surface area contributed by atoms with Gasteiger partial charge in [-0.15, -0.1) is 11.3 Å². The molecule has 1 heterocycles. The van der Waals surface area contributed by atoms with Crippen molar-refractivity contribution < 1.29 is 0 Å². The highest BCUT2D eigenvalue weighted by atomic mass is 32.1. The summed E-state index contributed by atoms with van der Waals surface area (Å²) in [4.78, 5) is 3.01. The second-order valence-electron chi connectivity index (χ2n) is 5.97. The van der Waals surface area contributed by atoms with E-state index in [0.717, 1.165) is 24.4 Å². The lowest BCUT2D eigenvalue weighted by molar-refractivity contribution is 0.231. The predicted octanol–water partition coefficient (Wildman–Crippen LogP) is 4.61. The molecule has 0 aliphatic heterocycles. The average Bonchev–Trinajstić information content (AvgIpc) is 2.84. The minimum atomic E-state index is 0.748. The highest BCUT2D eigenvalue weighted by Crippen LogP contribution is 2.30. The number of aryl methyl sites for hydroxylation is 1. The van der Waals surface area contributed by atoms with Gasteiger partial charge in [0.05, 0.1) is 0 Å². The minimum absolute atomic E-state index is 0.748. The fraction of sp³-hybridized carbons (Fsp3) is 0.750. The lowest BCUT2D eigenvalue weighted by Crippen LogP contribution is -2.34. The molecule has 0 spiro atoms.